The van der Waals surface area contributed by atoms with E-state index in [-0.39, 0.29) is 18.4 Å². The molecule has 0 bridgehead atoms. The van der Waals surface area contributed by atoms with Crippen LogP contribution in [0, 0.1) is 0 Å². The Bertz CT molecular complexity index is 693. The number of hydrogen-bond donors (Lipinski definition) is 1. The molecule has 1 aliphatic heterocycles. The molecule has 1 atom stereocenters. The standard InChI is InChI=1S/C16H17N3O2/c1-2-5-13-16(21)19(10-15(20)18-13)14-8-3-7-12-11(14)6-4-9-17-12/h3-4,6-9,13H,2,5,10H2,1H3,(H,18,20). The van der Waals surface area contributed by atoms with Crippen molar-refractivity contribution < 1.29 is 9.59 Å². The molecule has 21 heavy (non-hydrogen) atoms. The molecule has 2 aromatic rings. The van der Waals surface area contributed by atoms with Gasteiger partial charge in [-0.25, -0.2) is 0 Å². The monoisotopic (exact) mass is 283 g/mol. The molecule has 1 unspecified atom stereocenters. The molecule has 1 fully saturated rings. The highest BCUT2D eigenvalue weighted by Gasteiger charge is 2.33. The Morgan fingerprint density at radius 3 is 2.95 bits per heavy atom. The second-order valence-corrected chi connectivity index (χ2v) is 5.18. The molecule has 0 saturated carbocycles. The first-order valence-electron chi connectivity index (χ1n) is 7.15. The summed E-state index contributed by atoms with van der Waals surface area (Å²) in [6.07, 6.45) is 3.22. The summed E-state index contributed by atoms with van der Waals surface area (Å²) in [5.74, 6) is -0.165. The summed E-state index contributed by atoms with van der Waals surface area (Å²) in [6, 6.07) is 8.96. The van der Waals surface area contributed by atoms with Crippen molar-refractivity contribution in [2.24, 2.45) is 0 Å². The van der Waals surface area contributed by atoms with E-state index in [1.165, 1.54) is 0 Å². The predicted octanol–water partition coefficient (Wildman–Crippen LogP) is 1.87. The Balaban J connectivity index is 2.04. The molecule has 2 heterocycles. The number of aromatic nitrogens is 1. The molecule has 0 spiro atoms. The fourth-order valence-corrected chi connectivity index (χ4v) is 2.72. The molecule has 2 amide bonds. The van der Waals surface area contributed by atoms with Crippen molar-refractivity contribution in [3.63, 3.8) is 0 Å². The van der Waals surface area contributed by atoms with Crippen molar-refractivity contribution in [1.29, 1.82) is 0 Å². The van der Waals surface area contributed by atoms with Gasteiger partial charge in [0.2, 0.25) is 11.8 Å². The van der Waals surface area contributed by atoms with Gasteiger partial charge in [-0.2, -0.15) is 0 Å². The van der Waals surface area contributed by atoms with Gasteiger partial charge >= 0.3 is 0 Å². The van der Waals surface area contributed by atoms with E-state index < -0.39 is 6.04 Å². The van der Waals surface area contributed by atoms with E-state index in [1.807, 2.05) is 37.3 Å². The number of piperazine rings is 1. The third-order valence-corrected chi connectivity index (χ3v) is 3.69. The summed E-state index contributed by atoms with van der Waals surface area (Å²) in [5.41, 5.74) is 1.57. The number of carbonyl (C=O) groups excluding carboxylic acids is 2. The van der Waals surface area contributed by atoms with Crippen LogP contribution in [-0.4, -0.2) is 29.4 Å². The van der Waals surface area contributed by atoms with Gasteiger partial charge in [-0.1, -0.05) is 19.4 Å². The zero-order valence-electron chi connectivity index (χ0n) is 11.9. The van der Waals surface area contributed by atoms with Gasteiger partial charge in [-0.3, -0.25) is 14.6 Å². The van der Waals surface area contributed by atoms with E-state index in [0.717, 1.165) is 23.0 Å². The fraction of sp³-hybridized carbons (Fsp3) is 0.312. The average Bonchev–Trinajstić information content (AvgIpc) is 2.50. The molecule has 5 nitrogen and oxygen atoms in total. The molecule has 108 valence electrons. The van der Waals surface area contributed by atoms with Crippen LogP contribution < -0.4 is 10.2 Å². The molecular weight excluding hydrogens is 266 g/mol. The number of carbonyl (C=O) groups is 2. The van der Waals surface area contributed by atoms with Gasteiger partial charge < -0.3 is 10.2 Å². The first-order chi connectivity index (χ1) is 10.2. The van der Waals surface area contributed by atoms with E-state index in [9.17, 15) is 9.59 Å². The van der Waals surface area contributed by atoms with Gasteiger partial charge in [0.1, 0.15) is 12.6 Å². The second-order valence-electron chi connectivity index (χ2n) is 5.18. The van der Waals surface area contributed by atoms with Crippen molar-refractivity contribution in [2.45, 2.75) is 25.8 Å². The second kappa shape index (κ2) is 5.52. The van der Waals surface area contributed by atoms with E-state index in [0.29, 0.717) is 6.42 Å². The van der Waals surface area contributed by atoms with Crippen LogP contribution in [0.1, 0.15) is 19.8 Å². The lowest BCUT2D eigenvalue weighted by atomic mass is 10.1. The van der Waals surface area contributed by atoms with Crippen molar-refractivity contribution in [3.8, 4) is 0 Å². The molecule has 1 aliphatic rings. The number of rotatable bonds is 3. The van der Waals surface area contributed by atoms with E-state index in [1.54, 1.807) is 11.1 Å². The molecule has 1 aromatic carbocycles. The number of nitrogens with one attached hydrogen (secondary N) is 1. The van der Waals surface area contributed by atoms with Crippen LogP contribution in [0.3, 0.4) is 0 Å². The molecule has 1 N–H and O–H groups in total. The number of benzene rings is 1. The Labute approximate surface area is 123 Å². The lowest BCUT2D eigenvalue weighted by molar-refractivity contribution is -0.131. The maximum atomic E-state index is 12.6. The molecule has 0 aliphatic carbocycles. The number of nitrogens with zero attached hydrogens (tertiary/aromatic N) is 2. The number of pyridine rings is 1. The van der Waals surface area contributed by atoms with Gasteiger partial charge in [-0.15, -0.1) is 0 Å². The Hall–Kier alpha value is -2.43. The fourth-order valence-electron chi connectivity index (χ4n) is 2.72. The maximum Gasteiger partial charge on any atom is 0.250 e. The van der Waals surface area contributed by atoms with Crippen LogP contribution in [0.15, 0.2) is 36.5 Å². The molecule has 3 rings (SSSR count). The normalized spacial score (nSPS) is 18.9. The topological polar surface area (TPSA) is 62.3 Å². The first kappa shape index (κ1) is 13.5. The zero-order chi connectivity index (χ0) is 14.8. The number of amides is 2. The summed E-state index contributed by atoms with van der Waals surface area (Å²) < 4.78 is 0. The quantitative estimate of drug-likeness (QED) is 0.935. The van der Waals surface area contributed by atoms with Crippen LogP contribution in [0.5, 0.6) is 0 Å². The summed E-state index contributed by atoms with van der Waals surface area (Å²) >= 11 is 0. The summed E-state index contributed by atoms with van der Waals surface area (Å²) in [7, 11) is 0. The van der Waals surface area contributed by atoms with Crippen molar-refractivity contribution >= 4 is 28.4 Å². The van der Waals surface area contributed by atoms with Crippen LogP contribution in [0.2, 0.25) is 0 Å². The minimum Gasteiger partial charge on any atom is -0.343 e. The molecule has 5 heteroatoms. The molecular formula is C16H17N3O2. The van der Waals surface area contributed by atoms with Gasteiger partial charge in [-0.05, 0) is 30.7 Å². The summed E-state index contributed by atoms with van der Waals surface area (Å²) in [5, 5.41) is 3.66. The third-order valence-electron chi connectivity index (χ3n) is 3.69. The summed E-state index contributed by atoms with van der Waals surface area (Å²) in [4.78, 5) is 30.4. The van der Waals surface area contributed by atoms with Crippen molar-refractivity contribution in [3.05, 3.63) is 36.5 Å². The summed E-state index contributed by atoms with van der Waals surface area (Å²) in [6.45, 7) is 2.06. The minimum absolute atomic E-state index is 0.0483. The highest BCUT2D eigenvalue weighted by atomic mass is 16.2. The number of hydrogen-bond acceptors (Lipinski definition) is 3. The van der Waals surface area contributed by atoms with Crippen molar-refractivity contribution in [2.75, 3.05) is 11.4 Å². The Morgan fingerprint density at radius 2 is 2.14 bits per heavy atom. The largest absolute Gasteiger partial charge is 0.343 e. The van der Waals surface area contributed by atoms with Crippen molar-refractivity contribution in [1.82, 2.24) is 10.3 Å². The molecule has 0 radical (unpaired) electrons. The molecule has 1 saturated heterocycles. The Morgan fingerprint density at radius 1 is 1.29 bits per heavy atom. The lowest BCUT2D eigenvalue weighted by Gasteiger charge is -2.33. The third kappa shape index (κ3) is 2.46. The zero-order valence-corrected chi connectivity index (χ0v) is 11.9. The number of fused-ring (bicyclic) bond motifs is 1. The lowest BCUT2D eigenvalue weighted by Crippen LogP contribution is -2.58. The van der Waals surface area contributed by atoms with Gasteiger partial charge in [0.25, 0.3) is 0 Å². The smallest absolute Gasteiger partial charge is 0.250 e. The molecule has 1 aromatic heterocycles. The SMILES string of the molecule is CCCC1NC(=O)CN(c2cccc3ncccc23)C1=O. The van der Waals surface area contributed by atoms with E-state index >= 15 is 0 Å². The van der Waals surface area contributed by atoms with Gasteiger partial charge in [0.15, 0.2) is 0 Å². The Kier molecular flexibility index (Phi) is 3.56. The highest BCUT2D eigenvalue weighted by molar-refractivity contribution is 6.10. The van der Waals surface area contributed by atoms with E-state index in [4.69, 9.17) is 0 Å². The maximum absolute atomic E-state index is 12.6. The minimum atomic E-state index is -0.428. The van der Waals surface area contributed by atoms with Crippen LogP contribution in [0.4, 0.5) is 5.69 Å². The van der Waals surface area contributed by atoms with Crippen LogP contribution in [-0.2, 0) is 9.59 Å². The first-order valence-corrected chi connectivity index (χ1v) is 7.15. The van der Waals surface area contributed by atoms with Gasteiger partial charge in [0, 0.05) is 11.6 Å². The average molecular weight is 283 g/mol. The highest BCUT2D eigenvalue weighted by Crippen LogP contribution is 2.27. The van der Waals surface area contributed by atoms with Crippen LogP contribution >= 0.6 is 0 Å². The number of anilines is 1. The predicted molar refractivity (Wildman–Crippen MR) is 80.9 cm³/mol. The van der Waals surface area contributed by atoms with Crippen LogP contribution in [0.25, 0.3) is 10.9 Å². The van der Waals surface area contributed by atoms with Gasteiger partial charge in [0.05, 0.1) is 11.2 Å². The van der Waals surface area contributed by atoms with E-state index in [2.05, 4.69) is 10.3 Å².